The monoisotopic (exact) mass is 325 g/mol. The maximum Gasteiger partial charge on any atom is 0.274 e. The number of benzene rings is 1. The van der Waals surface area contributed by atoms with E-state index in [9.17, 15) is 9.59 Å². The lowest BCUT2D eigenvalue weighted by Gasteiger charge is -2.27. The highest BCUT2D eigenvalue weighted by atomic mass is 16.2. The minimum atomic E-state index is -0.376. The van der Waals surface area contributed by atoms with Crippen molar-refractivity contribution in [2.45, 2.75) is 12.5 Å². The van der Waals surface area contributed by atoms with Crippen molar-refractivity contribution in [2.75, 3.05) is 24.1 Å². The zero-order valence-electron chi connectivity index (χ0n) is 13.1. The molecule has 2 aromatic rings. The molecule has 0 radical (unpaired) electrons. The lowest BCUT2D eigenvalue weighted by Crippen LogP contribution is -2.50. The van der Waals surface area contributed by atoms with Gasteiger partial charge in [0.1, 0.15) is 5.69 Å². The molecule has 1 saturated heterocycles. The zero-order valence-corrected chi connectivity index (χ0v) is 13.1. The van der Waals surface area contributed by atoms with Crippen LogP contribution in [0.15, 0.2) is 42.6 Å². The van der Waals surface area contributed by atoms with Crippen LogP contribution in [0.5, 0.6) is 0 Å². The first-order valence-electron chi connectivity index (χ1n) is 7.77. The summed E-state index contributed by atoms with van der Waals surface area (Å²) in [4.78, 5) is 28.2. The van der Waals surface area contributed by atoms with Crippen molar-refractivity contribution in [3.8, 4) is 0 Å². The fourth-order valence-corrected chi connectivity index (χ4v) is 2.30. The summed E-state index contributed by atoms with van der Waals surface area (Å²) in [7, 11) is 0. The molecule has 1 aliphatic rings. The third-order valence-electron chi connectivity index (χ3n) is 3.90. The molecule has 0 aliphatic carbocycles. The second-order valence-corrected chi connectivity index (χ2v) is 5.62. The largest absolute Gasteiger partial charge is 0.397 e. The predicted molar refractivity (Wildman–Crippen MR) is 91.8 cm³/mol. The number of pyridine rings is 1. The smallest absolute Gasteiger partial charge is 0.274 e. The summed E-state index contributed by atoms with van der Waals surface area (Å²) >= 11 is 0. The summed E-state index contributed by atoms with van der Waals surface area (Å²) < 4.78 is 0. The van der Waals surface area contributed by atoms with Gasteiger partial charge >= 0.3 is 0 Å². The summed E-state index contributed by atoms with van der Waals surface area (Å²) in [6.45, 7) is 1.59. The molecule has 24 heavy (non-hydrogen) atoms. The Bertz CT molecular complexity index is 741. The van der Waals surface area contributed by atoms with Crippen molar-refractivity contribution in [1.29, 1.82) is 0 Å². The fraction of sp³-hybridized carbons (Fsp3) is 0.235. The molecule has 2 amide bonds. The van der Waals surface area contributed by atoms with Crippen LogP contribution in [0.1, 0.15) is 27.3 Å². The van der Waals surface area contributed by atoms with E-state index in [1.165, 1.54) is 12.3 Å². The van der Waals surface area contributed by atoms with E-state index in [0.717, 1.165) is 13.0 Å². The number of nitrogens with zero attached hydrogens (tertiary/aromatic N) is 1. The van der Waals surface area contributed by atoms with Crippen molar-refractivity contribution >= 4 is 23.2 Å². The maximum atomic E-state index is 12.2. The van der Waals surface area contributed by atoms with Crippen LogP contribution in [0, 0.1) is 0 Å². The van der Waals surface area contributed by atoms with Crippen molar-refractivity contribution < 1.29 is 9.59 Å². The fourth-order valence-electron chi connectivity index (χ4n) is 2.30. The van der Waals surface area contributed by atoms with Crippen LogP contribution < -0.4 is 21.7 Å². The van der Waals surface area contributed by atoms with Gasteiger partial charge in [0, 0.05) is 18.8 Å². The van der Waals surface area contributed by atoms with Crippen LogP contribution in [0.2, 0.25) is 0 Å². The molecule has 7 nitrogen and oxygen atoms in total. The summed E-state index contributed by atoms with van der Waals surface area (Å²) in [5, 5.41) is 8.74. The lowest BCUT2D eigenvalue weighted by molar-refractivity contribution is 0.0942. The van der Waals surface area contributed by atoms with Crippen LogP contribution in [-0.4, -0.2) is 35.9 Å². The number of hydrogen-bond donors (Lipinski definition) is 4. The normalized spacial score (nSPS) is 16.1. The number of para-hydroxylation sites is 2. The number of nitrogen functional groups attached to an aromatic ring is 1. The van der Waals surface area contributed by atoms with Gasteiger partial charge in [0.05, 0.1) is 16.9 Å². The number of hydrogen-bond acceptors (Lipinski definition) is 5. The Hall–Kier alpha value is -2.93. The molecule has 0 spiro atoms. The highest BCUT2D eigenvalue weighted by Crippen LogP contribution is 2.17. The summed E-state index contributed by atoms with van der Waals surface area (Å²) in [6, 6.07) is 10.4. The number of carbonyl (C=O) groups excluding carboxylic acids is 2. The van der Waals surface area contributed by atoms with E-state index in [1.54, 1.807) is 30.3 Å². The first kappa shape index (κ1) is 15.9. The number of aromatic nitrogens is 1. The second-order valence-electron chi connectivity index (χ2n) is 5.62. The average molecular weight is 325 g/mol. The Labute approximate surface area is 139 Å². The van der Waals surface area contributed by atoms with E-state index in [2.05, 4.69) is 20.9 Å². The number of nitrogens with one attached hydrogen (secondary N) is 3. The minimum absolute atomic E-state index is 0.199. The van der Waals surface area contributed by atoms with Crippen LogP contribution in [0.25, 0.3) is 0 Å². The number of nitrogens with two attached hydrogens (primary N) is 1. The van der Waals surface area contributed by atoms with Gasteiger partial charge in [0.15, 0.2) is 0 Å². The molecule has 0 bridgehead atoms. The van der Waals surface area contributed by atoms with E-state index >= 15 is 0 Å². The molecule has 1 aliphatic heterocycles. The molecule has 1 unspecified atom stereocenters. The number of anilines is 2. The standard InChI is InChI=1S/C17H19N5O2/c18-13-3-1-2-4-14(13)22-17(24)15-6-5-11(9-20-15)16(23)21-10-12-7-8-19-12/h1-6,9,12,19H,7-8,10,18H2,(H,21,23)(H,22,24). The zero-order chi connectivity index (χ0) is 16.9. The summed E-state index contributed by atoms with van der Waals surface area (Å²) in [6.07, 6.45) is 2.47. The Balaban J connectivity index is 1.60. The van der Waals surface area contributed by atoms with Crippen LogP contribution in [0.3, 0.4) is 0 Å². The Morgan fingerprint density at radius 1 is 1.21 bits per heavy atom. The number of rotatable bonds is 5. The predicted octanol–water partition coefficient (Wildman–Crippen LogP) is 1.01. The minimum Gasteiger partial charge on any atom is -0.397 e. The second kappa shape index (κ2) is 7.10. The van der Waals surface area contributed by atoms with Gasteiger partial charge in [-0.1, -0.05) is 12.1 Å². The molecular formula is C17H19N5O2. The van der Waals surface area contributed by atoms with Gasteiger partial charge in [0.2, 0.25) is 0 Å². The van der Waals surface area contributed by atoms with Gasteiger partial charge in [-0.15, -0.1) is 0 Å². The van der Waals surface area contributed by atoms with Crippen LogP contribution >= 0.6 is 0 Å². The van der Waals surface area contributed by atoms with E-state index in [4.69, 9.17) is 5.73 Å². The Morgan fingerprint density at radius 3 is 2.62 bits per heavy atom. The molecule has 7 heteroatoms. The first-order chi connectivity index (χ1) is 11.6. The number of carbonyl (C=O) groups is 2. The molecule has 3 rings (SSSR count). The molecule has 1 atom stereocenters. The topological polar surface area (TPSA) is 109 Å². The van der Waals surface area contributed by atoms with E-state index in [-0.39, 0.29) is 17.5 Å². The van der Waals surface area contributed by atoms with Crippen molar-refractivity contribution in [2.24, 2.45) is 0 Å². The molecule has 124 valence electrons. The SMILES string of the molecule is Nc1ccccc1NC(=O)c1ccc(C(=O)NCC2CCN2)cn1. The Kier molecular flexibility index (Phi) is 4.72. The van der Waals surface area contributed by atoms with Gasteiger partial charge < -0.3 is 21.7 Å². The Morgan fingerprint density at radius 2 is 2.00 bits per heavy atom. The van der Waals surface area contributed by atoms with Crippen molar-refractivity contribution in [1.82, 2.24) is 15.6 Å². The highest BCUT2D eigenvalue weighted by molar-refractivity contribution is 6.04. The van der Waals surface area contributed by atoms with E-state index in [0.29, 0.717) is 29.5 Å². The van der Waals surface area contributed by atoms with E-state index in [1.807, 2.05) is 0 Å². The lowest BCUT2D eigenvalue weighted by atomic mass is 10.1. The average Bonchev–Trinajstić information content (AvgIpc) is 2.55. The third kappa shape index (κ3) is 3.69. The van der Waals surface area contributed by atoms with Gasteiger partial charge in [-0.25, -0.2) is 0 Å². The molecular weight excluding hydrogens is 306 g/mol. The quantitative estimate of drug-likeness (QED) is 0.613. The molecule has 1 fully saturated rings. The van der Waals surface area contributed by atoms with Gasteiger partial charge in [-0.3, -0.25) is 14.6 Å². The van der Waals surface area contributed by atoms with Gasteiger partial charge in [-0.2, -0.15) is 0 Å². The molecule has 1 aromatic heterocycles. The maximum absolute atomic E-state index is 12.2. The number of amides is 2. The summed E-state index contributed by atoms with van der Waals surface area (Å²) in [5.41, 5.74) is 7.44. The molecule has 2 heterocycles. The third-order valence-corrected chi connectivity index (χ3v) is 3.90. The van der Waals surface area contributed by atoms with Crippen LogP contribution in [-0.2, 0) is 0 Å². The van der Waals surface area contributed by atoms with Crippen molar-refractivity contribution in [3.05, 3.63) is 53.9 Å². The molecule has 1 aromatic carbocycles. The molecule has 0 saturated carbocycles. The summed E-state index contributed by atoms with van der Waals surface area (Å²) in [5.74, 6) is -0.575. The van der Waals surface area contributed by atoms with Crippen molar-refractivity contribution in [3.63, 3.8) is 0 Å². The van der Waals surface area contributed by atoms with Gasteiger partial charge in [0.25, 0.3) is 11.8 Å². The van der Waals surface area contributed by atoms with Crippen LogP contribution in [0.4, 0.5) is 11.4 Å². The first-order valence-corrected chi connectivity index (χ1v) is 7.77. The van der Waals surface area contributed by atoms with E-state index < -0.39 is 0 Å². The van der Waals surface area contributed by atoms with Gasteiger partial charge in [-0.05, 0) is 37.2 Å². The molecule has 5 N–H and O–H groups in total. The highest BCUT2D eigenvalue weighted by Gasteiger charge is 2.17.